The van der Waals surface area contributed by atoms with Crippen LogP contribution in [0.25, 0.3) is 11.3 Å². The van der Waals surface area contributed by atoms with Crippen LogP contribution in [0.15, 0.2) is 22.7 Å². The lowest BCUT2D eigenvalue weighted by atomic mass is 10.1. The summed E-state index contributed by atoms with van der Waals surface area (Å²) in [5.41, 5.74) is 1.42. The molecule has 0 bridgehead atoms. The Morgan fingerprint density at radius 2 is 1.91 bits per heavy atom. The SMILES string of the molecule is Cc1onc(-c2c(Cl)cccc2Cl)c1NC(=O)N1CCOCC1. The van der Waals surface area contributed by atoms with Crippen LogP contribution in [0.3, 0.4) is 0 Å². The minimum Gasteiger partial charge on any atom is -0.378 e. The van der Waals surface area contributed by atoms with E-state index in [4.69, 9.17) is 32.5 Å². The highest BCUT2D eigenvalue weighted by Gasteiger charge is 2.24. The molecule has 0 saturated carbocycles. The molecule has 1 aliphatic heterocycles. The Bertz CT molecular complexity index is 707. The first-order chi connectivity index (χ1) is 11.1. The van der Waals surface area contributed by atoms with Gasteiger partial charge in [-0.1, -0.05) is 34.4 Å². The fraction of sp³-hybridized carbons (Fsp3) is 0.333. The van der Waals surface area contributed by atoms with Crippen LogP contribution in [-0.2, 0) is 4.74 Å². The number of nitrogens with one attached hydrogen (secondary N) is 1. The van der Waals surface area contributed by atoms with Gasteiger partial charge >= 0.3 is 6.03 Å². The molecule has 1 aromatic carbocycles. The molecule has 122 valence electrons. The van der Waals surface area contributed by atoms with Gasteiger partial charge in [-0.25, -0.2) is 4.79 Å². The van der Waals surface area contributed by atoms with Gasteiger partial charge in [-0.2, -0.15) is 0 Å². The molecule has 2 heterocycles. The maximum atomic E-state index is 12.4. The van der Waals surface area contributed by atoms with E-state index < -0.39 is 0 Å². The number of aromatic nitrogens is 1. The number of urea groups is 1. The van der Waals surface area contributed by atoms with Gasteiger partial charge in [0.05, 0.1) is 23.3 Å². The van der Waals surface area contributed by atoms with E-state index in [9.17, 15) is 4.79 Å². The third-order valence-corrected chi connectivity index (χ3v) is 4.22. The molecule has 1 aromatic heterocycles. The van der Waals surface area contributed by atoms with Gasteiger partial charge in [-0.3, -0.25) is 0 Å². The fourth-order valence-corrected chi connectivity index (χ4v) is 2.94. The molecule has 2 aromatic rings. The molecule has 2 amide bonds. The van der Waals surface area contributed by atoms with Crippen LogP contribution in [-0.4, -0.2) is 42.4 Å². The molecular weight excluding hydrogens is 341 g/mol. The van der Waals surface area contributed by atoms with Crippen molar-refractivity contribution in [2.75, 3.05) is 31.6 Å². The molecule has 1 N–H and O–H groups in total. The van der Waals surface area contributed by atoms with Crippen LogP contribution in [0.2, 0.25) is 10.0 Å². The molecule has 6 nitrogen and oxygen atoms in total. The molecule has 0 radical (unpaired) electrons. The van der Waals surface area contributed by atoms with E-state index in [0.29, 0.717) is 59.1 Å². The second kappa shape index (κ2) is 6.78. The van der Waals surface area contributed by atoms with E-state index in [-0.39, 0.29) is 6.03 Å². The van der Waals surface area contributed by atoms with E-state index in [1.807, 2.05) is 0 Å². The predicted octanol–water partition coefficient (Wildman–Crippen LogP) is 3.82. The van der Waals surface area contributed by atoms with Gasteiger partial charge in [0.1, 0.15) is 11.4 Å². The number of anilines is 1. The number of rotatable bonds is 2. The van der Waals surface area contributed by atoms with Crippen molar-refractivity contribution in [2.24, 2.45) is 0 Å². The maximum absolute atomic E-state index is 12.4. The minimum atomic E-state index is -0.232. The molecule has 1 fully saturated rings. The predicted molar refractivity (Wildman–Crippen MR) is 88.1 cm³/mol. The Morgan fingerprint density at radius 1 is 1.26 bits per heavy atom. The first-order valence-electron chi connectivity index (χ1n) is 7.12. The van der Waals surface area contributed by atoms with Crippen molar-refractivity contribution in [3.05, 3.63) is 34.0 Å². The lowest BCUT2D eigenvalue weighted by Crippen LogP contribution is -2.43. The lowest BCUT2D eigenvalue weighted by Gasteiger charge is -2.26. The number of amides is 2. The molecule has 23 heavy (non-hydrogen) atoms. The third kappa shape index (κ3) is 3.29. The van der Waals surface area contributed by atoms with Gasteiger partial charge in [-0.05, 0) is 19.1 Å². The number of hydrogen-bond acceptors (Lipinski definition) is 4. The summed E-state index contributed by atoms with van der Waals surface area (Å²) in [6.45, 7) is 3.85. The van der Waals surface area contributed by atoms with Crippen LogP contribution in [0.1, 0.15) is 5.76 Å². The van der Waals surface area contributed by atoms with Crippen molar-refractivity contribution in [3.8, 4) is 11.3 Å². The van der Waals surface area contributed by atoms with Gasteiger partial charge in [0.2, 0.25) is 0 Å². The zero-order valence-electron chi connectivity index (χ0n) is 12.4. The molecule has 0 aliphatic carbocycles. The van der Waals surface area contributed by atoms with Crippen molar-refractivity contribution in [1.29, 1.82) is 0 Å². The monoisotopic (exact) mass is 355 g/mol. The summed E-state index contributed by atoms with van der Waals surface area (Å²) >= 11 is 12.4. The Labute approximate surface area is 143 Å². The zero-order valence-corrected chi connectivity index (χ0v) is 13.9. The minimum absolute atomic E-state index is 0.232. The Balaban J connectivity index is 1.91. The highest BCUT2D eigenvalue weighted by molar-refractivity contribution is 6.39. The molecule has 1 saturated heterocycles. The van der Waals surface area contributed by atoms with E-state index in [2.05, 4.69) is 10.5 Å². The highest BCUT2D eigenvalue weighted by atomic mass is 35.5. The van der Waals surface area contributed by atoms with Gasteiger partial charge < -0.3 is 19.5 Å². The van der Waals surface area contributed by atoms with Crippen molar-refractivity contribution < 1.29 is 14.1 Å². The molecule has 1 aliphatic rings. The number of halogens is 2. The number of benzene rings is 1. The van der Waals surface area contributed by atoms with Gasteiger partial charge in [-0.15, -0.1) is 0 Å². The quantitative estimate of drug-likeness (QED) is 0.888. The van der Waals surface area contributed by atoms with Gasteiger partial charge in [0.15, 0.2) is 5.76 Å². The normalized spacial score (nSPS) is 14.8. The number of nitrogens with zero attached hydrogens (tertiary/aromatic N) is 2. The Kier molecular flexibility index (Phi) is 4.75. The lowest BCUT2D eigenvalue weighted by molar-refractivity contribution is 0.0564. The molecule has 0 spiro atoms. The van der Waals surface area contributed by atoms with Crippen molar-refractivity contribution >= 4 is 34.9 Å². The molecular formula is C15H15Cl2N3O3. The van der Waals surface area contributed by atoms with Gasteiger partial charge in [0.25, 0.3) is 0 Å². The van der Waals surface area contributed by atoms with E-state index in [1.54, 1.807) is 30.0 Å². The topological polar surface area (TPSA) is 67.6 Å². The summed E-state index contributed by atoms with van der Waals surface area (Å²) < 4.78 is 10.5. The standard InChI is InChI=1S/C15H15Cl2N3O3/c1-9-13(18-15(21)20-5-7-22-8-6-20)14(19-23-9)12-10(16)3-2-4-11(12)17/h2-4H,5-8H2,1H3,(H,18,21). The summed E-state index contributed by atoms with van der Waals surface area (Å²) in [5, 5.41) is 7.72. The highest BCUT2D eigenvalue weighted by Crippen LogP contribution is 2.39. The first-order valence-corrected chi connectivity index (χ1v) is 7.88. The number of ether oxygens (including phenoxy) is 1. The Morgan fingerprint density at radius 3 is 2.57 bits per heavy atom. The first kappa shape index (κ1) is 16.1. The van der Waals surface area contributed by atoms with Gasteiger partial charge in [0, 0.05) is 18.7 Å². The number of hydrogen-bond donors (Lipinski definition) is 1. The number of carbonyl (C=O) groups is 1. The Hall–Kier alpha value is -1.76. The average Bonchev–Trinajstić information content (AvgIpc) is 2.89. The largest absolute Gasteiger partial charge is 0.378 e. The zero-order chi connectivity index (χ0) is 16.4. The van der Waals surface area contributed by atoms with Crippen LogP contribution in [0, 0.1) is 6.92 Å². The molecule has 8 heteroatoms. The van der Waals surface area contributed by atoms with Crippen LogP contribution >= 0.6 is 23.2 Å². The molecule has 0 unspecified atom stereocenters. The van der Waals surface area contributed by atoms with Crippen molar-refractivity contribution in [2.45, 2.75) is 6.92 Å². The second-order valence-electron chi connectivity index (χ2n) is 5.09. The number of aryl methyl sites for hydroxylation is 1. The summed E-state index contributed by atoms with van der Waals surface area (Å²) in [4.78, 5) is 14.1. The van der Waals surface area contributed by atoms with E-state index in [1.165, 1.54) is 0 Å². The number of morpholine rings is 1. The number of carbonyl (C=O) groups excluding carboxylic acids is 1. The summed E-state index contributed by atoms with van der Waals surface area (Å²) in [7, 11) is 0. The second-order valence-corrected chi connectivity index (χ2v) is 5.90. The third-order valence-electron chi connectivity index (χ3n) is 3.59. The van der Waals surface area contributed by atoms with Crippen molar-refractivity contribution in [1.82, 2.24) is 10.1 Å². The average molecular weight is 356 g/mol. The maximum Gasteiger partial charge on any atom is 0.322 e. The van der Waals surface area contributed by atoms with Crippen LogP contribution < -0.4 is 5.32 Å². The molecule has 0 atom stereocenters. The van der Waals surface area contributed by atoms with E-state index in [0.717, 1.165) is 0 Å². The summed E-state index contributed by atoms with van der Waals surface area (Å²) in [5.74, 6) is 0.484. The smallest absolute Gasteiger partial charge is 0.322 e. The van der Waals surface area contributed by atoms with Crippen molar-refractivity contribution in [3.63, 3.8) is 0 Å². The fourth-order valence-electron chi connectivity index (χ4n) is 2.37. The van der Waals surface area contributed by atoms with Crippen LogP contribution in [0.4, 0.5) is 10.5 Å². The van der Waals surface area contributed by atoms with E-state index >= 15 is 0 Å². The van der Waals surface area contributed by atoms with Crippen LogP contribution in [0.5, 0.6) is 0 Å². The molecule has 3 rings (SSSR count). The summed E-state index contributed by atoms with van der Waals surface area (Å²) in [6, 6.07) is 4.93. The summed E-state index contributed by atoms with van der Waals surface area (Å²) in [6.07, 6.45) is 0.